The number of amides is 1. The van der Waals surface area contributed by atoms with Gasteiger partial charge in [0.2, 0.25) is 0 Å². The minimum Gasteiger partial charge on any atom is -0.463 e. The smallest absolute Gasteiger partial charge is 0.272 e. The fourth-order valence-electron chi connectivity index (χ4n) is 3.13. The second kappa shape index (κ2) is 7.35. The Labute approximate surface area is 151 Å². The predicted octanol–water partition coefficient (Wildman–Crippen LogP) is 4.57. The zero-order chi connectivity index (χ0) is 17.8. The molecule has 5 nitrogen and oxygen atoms in total. The Hall–Kier alpha value is -3.21. The van der Waals surface area contributed by atoms with E-state index < -0.39 is 0 Å². The molecule has 0 spiro atoms. The first-order valence-corrected chi connectivity index (χ1v) is 8.73. The molecule has 26 heavy (non-hydrogen) atoms. The van der Waals surface area contributed by atoms with Crippen molar-refractivity contribution in [3.63, 3.8) is 0 Å². The molecule has 0 bridgehead atoms. The molecule has 1 atom stereocenters. The molecule has 1 N–H and O–H groups in total. The number of carbonyl (C=O) groups is 1. The monoisotopic (exact) mass is 345 g/mol. The van der Waals surface area contributed by atoms with Crippen LogP contribution in [-0.2, 0) is 0 Å². The number of benzene rings is 1. The Morgan fingerprint density at radius 1 is 1.23 bits per heavy atom. The zero-order valence-electron chi connectivity index (χ0n) is 14.3. The highest BCUT2D eigenvalue weighted by molar-refractivity contribution is 6.07. The van der Waals surface area contributed by atoms with Crippen LogP contribution in [0.2, 0.25) is 0 Å². The van der Waals surface area contributed by atoms with Gasteiger partial charge in [-0.2, -0.15) is 5.10 Å². The number of hydrogen-bond donors (Lipinski definition) is 1. The number of nitrogens with one attached hydrogen (secondary N) is 1. The number of fused-ring (bicyclic) bond motifs is 1. The van der Waals surface area contributed by atoms with Crippen LogP contribution in [0.1, 0.15) is 29.6 Å². The van der Waals surface area contributed by atoms with E-state index >= 15 is 0 Å². The normalized spacial score (nSPS) is 17.0. The number of allylic oxidation sites excluding steroid dienone is 2. The summed E-state index contributed by atoms with van der Waals surface area (Å²) < 4.78 is 5.43. The maximum absolute atomic E-state index is 12.7. The number of rotatable bonds is 4. The van der Waals surface area contributed by atoms with Crippen molar-refractivity contribution in [2.24, 2.45) is 11.0 Å². The van der Waals surface area contributed by atoms with E-state index in [1.807, 2.05) is 36.5 Å². The average Bonchev–Trinajstić information content (AvgIpc) is 3.23. The first kappa shape index (κ1) is 16.3. The van der Waals surface area contributed by atoms with Gasteiger partial charge < -0.3 is 4.42 Å². The molecule has 2 heterocycles. The Kier molecular flexibility index (Phi) is 4.60. The lowest BCUT2D eigenvalue weighted by atomic mass is 9.96. The van der Waals surface area contributed by atoms with Crippen molar-refractivity contribution in [1.82, 2.24) is 10.4 Å². The number of pyridine rings is 1. The van der Waals surface area contributed by atoms with Gasteiger partial charge in [-0.3, -0.25) is 4.79 Å². The summed E-state index contributed by atoms with van der Waals surface area (Å²) in [5.74, 6) is 0.759. The summed E-state index contributed by atoms with van der Waals surface area (Å²) in [7, 11) is 0. The number of furan rings is 1. The number of hydrazone groups is 1. The number of para-hydroxylation sites is 1. The molecule has 1 aliphatic carbocycles. The molecule has 2 aromatic heterocycles. The molecule has 4 rings (SSSR count). The summed E-state index contributed by atoms with van der Waals surface area (Å²) in [4.78, 5) is 17.3. The summed E-state index contributed by atoms with van der Waals surface area (Å²) in [6, 6.07) is 12.9. The van der Waals surface area contributed by atoms with Gasteiger partial charge in [-0.25, -0.2) is 10.4 Å². The van der Waals surface area contributed by atoms with Gasteiger partial charge in [0.05, 0.1) is 17.3 Å². The van der Waals surface area contributed by atoms with E-state index in [0.29, 0.717) is 22.9 Å². The first-order valence-electron chi connectivity index (χ1n) is 8.73. The molecule has 0 fully saturated rings. The van der Waals surface area contributed by atoms with Crippen LogP contribution in [0.25, 0.3) is 22.4 Å². The van der Waals surface area contributed by atoms with Crippen molar-refractivity contribution >= 4 is 23.0 Å². The van der Waals surface area contributed by atoms with Crippen molar-refractivity contribution in [1.29, 1.82) is 0 Å². The topological polar surface area (TPSA) is 67.5 Å². The van der Waals surface area contributed by atoms with Gasteiger partial charge in [-0.1, -0.05) is 30.4 Å². The quantitative estimate of drug-likeness (QED) is 0.428. The molecule has 130 valence electrons. The summed E-state index contributed by atoms with van der Waals surface area (Å²) in [5.41, 5.74) is 4.56. The van der Waals surface area contributed by atoms with Crippen molar-refractivity contribution < 1.29 is 9.21 Å². The fourth-order valence-corrected chi connectivity index (χ4v) is 3.13. The zero-order valence-corrected chi connectivity index (χ0v) is 14.3. The molecule has 0 aliphatic heterocycles. The largest absolute Gasteiger partial charge is 0.463 e. The second-order valence-corrected chi connectivity index (χ2v) is 6.31. The van der Waals surface area contributed by atoms with E-state index in [0.717, 1.165) is 30.2 Å². The van der Waals surface area contributed by atoms with Crippen molar-refractivity contribution in [2.45, 2.75) is 19.3 Å². The molecule has 0 saturated carbocycles. The van der Waals surface area contributed by atoms with Gasteiger partial charge in [0, 0.05) is 11.6 Å². The average molecular weight is 345 g/mol. The van der Waals surface area contributed by atoms with Crippen LogP contribution in [0.5, 0.6) is 0 Å². The number of hydrogen-bond acceptors (Lipinski definition) is 4. The van der Waals surface area contributed by atoms with Crippen LogP contribution in [-0.4, -0.2) is 17.1 Å². The van der Waals surface area contributed by atoms with E-state index in [1.54, 1.807) is 18.4 Å². The van der Waals surface area contributed by atoms with Gasteiger partial charge >= 0.3 is 0 Å². The van der Waals surface area contributed by atoms with Crippen LogP contribution in [0, 0.1) is 5.92 Å². The highest BCUT2D eigenvalue weighted by Gasteiger charge is 2.15. The highest BCUT2D eigenvalue weighted by atomic mass is 16.3. The molecule has 0 radical (unpaired) electrons. The number of nitrogens with zero attached hydrogens (tertiary/aromatic N) is 2. The van der Waals surface area contributed by atoms with Gasteiger partial charge in [-0.15, -0.1) is 0 Å². The third-order valence-corrected chi connectivity index (χ3v) is 4.50. The highest BCUT2D eigenvalue weighted by Crippen LogP contribution is 2.25. The lowest BCUT2D eigenvalue weighted by Crippen LogP contribution is -2.19. The van der Waals surface area contributed by atoms with Crippen molar-refractivity contribution in [3.8, 4) is 11.5 Å². The van der Waals surface area contributed by atoms with E-state index in [4.69, 9.17) is 4.42 Å². The van der Waals surface area contributed by atoms with E-state index in [2.05, 4.69) is 27.7 Å². The van der Waals surface area contributed by atoms with Crippen LogP contribution in [0.15, 0.2) is 70.4 Å². The molecule has 1 aromatic carbocycles. The minimum absolute atomic E-state index is 0.251. The molecule has 3 aromatic rings. The summed E-state index contributed by atoms with van der Waals surface area (Å²) in [5, 5.41) is 4.96. The maximum Gasteiger partial charge on any atom is 0.272 e. The van der Waals surface area contributed by atoms with Crippen molar-refractivity contribution in [2.75, 3.05) is 0 Å². The molecule has 1 aliphatic rings. The molecule has 5 heteroatoms. The Bertz CT molecular complexity index is 974. The van der Waals surface area contributed by atoms with Crippen LogP contribution in [0.4, 0.5) is 0 Å². The number of aromatic nitrogens is 1. The fraction of sp³-hybridized carbons (Fsp3) is 0.190. The first-order chi connectivity index (χ1) is 12.8. The molecular formula is C21H19N3O2. The molecule has 0 unspecified atom stereocenters. The van der Waals surface area contributed by atoms with Crippen LogP contribution >= 0.6 is 0 Å². The third kappa shape index (κ3) is 3.42. The molecule has 0 saturated heterocycles. The van der Waals surface area contributed by atoms with Crippen LogP contribution in [0.3, 0.4) is 0 Å². The SMILES string of the molecule is O=C(N/N=C\[C@@H]1CC=CCC1)c1cc(-c2ccco2)nc2ccccc12. The summed E-state index contributed by atoms with van der Waals surface area (Å²) >= 11 is 0. The third-order valence-electron chi connectivity index (χ3n) is 4.50. The van der Waals surface area contributed by atoms with Gasteiger partial charge in [0.1, 0.15) is 5.69 Å². The van der Waals surface area contributed by atoms with Crippen molar-refractivity contribution in [3.05, 3.63) is 66.4 Å². The van der Waals surface area contributed by atoms with Gasteiger partial charge in [-0.05, 0) is 49.4 Å². The van der Waals surface area contributed by atoms with Gasteiger partial charge in [0.25, 0.3) is 5.91 Å². The standard InChI is InChI=1S/C21H19N3O2/c25-21(24-22-14-15-7-2-1-3-8-15)17-13-19(20-11-6-12-26-20)23-18-10-5-4-9-16(17)18/h1-2,4-6,9-15H,3,7-8H2,(H,24,25)/b22-14-/t15-/m1/s1. The lowest BCUT2D eigenvalue weighted by Gasteiger charge is -2.12. The van der Waals surface area contributed by atoms with E-state index in [9.17, 15) is 4.79 Å². The minimum atomic E-state index is -0.251. The summed E-state index contributed by atoms with van der Waals surface area (Å²) in [6.45, 7) is 0. The van der Waals surface area contributed by atoms with Crippen LogP contribution < -0.4 is 5.43 Å². The molecular weight excluding hydrogens is 326 g/mol. The Morgan fingerprint density at radius 3 is 2.96 bits per heavy atom. The Morgan fingerprint density at radius 2 is 2.15 bits per heavy atom. The second-order valence-electron chi connectivity index (χ2n) is 6.31. The number of carbonyl (C=O) groups excluding carboxylic acids is 1. The predicted molar refractivity (Wildman–Crippen MR) is 102 cm³/mol. The van der Waals surface area contributed by atoms with E-state index in [1.165, 1.54) is 0 Å². The lowest BCUT2D eigenvalue weighted by molar-refractivity contribution is 0.0956. The summed E-state index contributed by atoms with van der Waals surface area (Å²) in [6.07, 6.45) is 10.9. The van der Waals surface area contributed by atoms with Gasteiger partial charge in [0.15, 0.2) is 5.76 Å². The van der Waals surface area contributed by atoms with E-state index in [-0.39, 0.29) is 5.91 Å². The molecule has 1 amide bonds. The Balaban J connectivity index is 1.62. The maximum atomic E-state index is 12.7.